The summed E-state index contributed by atoms with van der Waals surface area (Å²) in [5.41, 5.74) is 6.49. The molecule has 0 aliphatic heterocycles. The summed E-state index contributed by atoms with van der Waals surface area (Å²) in [4.78, 5) is 21.4. The fraction of sp³-hybridized carbons (Fsp3) is 0.167. The molecule has 7 heteroatoms. The molecule has 1 aromatic carbocycles. The number of amides is 1. The molecule has 4 aromatic rings. The van der Waals surface area contributed by atoms with Crippen LogP contribution in [0.3, 0.4) is 0 Å². The molecule has 154 valence electrons. The summed E-state index contributed by atoms with van der Waals surface area (Å²) in [6.07, 6.45) is 7.62. The van der Waals surface area contributed by atoms with Crippen LogP contribution < -0.4 is 10.6 Å². The van der Waals surface area contributed by atoms with Gasteiger partial charge in [-0.2, -0.15) is 5.10 Å². The lowest BCUT2D eigenvalue weighted by atomic mass is 10.0. The highest BCUT2D eigenvalue weighted by Crippen LogP contribution is 2.36. The van der Waals surface area contributed by atoms with E-state index < -0.39 is 0 Å². The van der Waals surface area contributed by atoms with Gasteiger partial charge < -0.3 is 10.6 Å². The third-order valence-electron chi connectivity index (χ3n) is 5.39. The van der Waals surface area contributed by atoms with Gasteiger partial charge in [0.1, 0.15) is 0 Å². The Bertz CT molecular complexity index is 1290. The molecular weight excluding hydrogens is 388 g/mol. The SMILES string of the molecule is C=C(Nc1cncc(-c2ccc3[nH]nc(C(=O)Nc4ccc(C)nc4)c3c2)c1)C1CC1. The number of hydrogen-bond donors (Lipinski definition) is 3. The normalized spacial score (nSPS) is 13.2. The van der Waals surface area contributed by atoms with Crippen LogP contribution in [-0.4, -0.2) is 26.1 Å². The smallest absolute Gasteiger partial charge is 0.276 e. The van der Waals surface area contributed by atoms with Gasteiger partial charge in [-0.1, -0.05) is 12.6 Å². The van der Waals surface area contributed by atoms with Gasteiger partial charge in [-0.25, -0.2) is 0 Å². The zero-order valence-corrected chi connectivity index (χ0v) is 17.1. The van der Waals surface area contributed by atoms with Crippen LogP contribution in [0.15, 0.2) is 67.3 Å². The largest absolute Gasteiger partial charge is 0.358 e. The van der Waals surface area contributed by atoms with Crippen molar-refractivity contribution in [3.05, 3.63) is 78.7 Å². The van der Waals surface area contributed by atoms with Crippen molar-refractivity contribution in [3.63, 3.8) is 0 Å². The lowest BCUT2D eigenvalue weighted by molar-refractivity contribution is 0.102. The third-order valence-corrected chi connectivity index (χ3v) is 5.39. The number of aromatic nitrogens is 4. The monoisotopic (exact) mass is 410 g/mol. The van der Waals surface area contributed by atoms with Gasteiger partial charge in [0.25, 0.3) is 5.91 Å². The second-order valence-corrected chi connectivity index (χ2v) is 7.86. The zero-order chi connectivity index (χ0) is 21.4. The van der Waals surface area contributed by atoms with E-state index in [1.54, 1.807) is 12.4 Å². The average molecular weight is 410 g/mol. The summed E-state index contributed by atoms with van der Waals surface area (Å²) < 4.78 is 0. The summed E-state index contributed by atoms with van der Waals surface area (Å²) in [6, 6.07) is 11.6. The molecule has 31 heavy (non-hydrogen) atoms. The number of fused-ring (bicyclic) bond motifs is 1. The molecule has 0 saturated heterocycles. The molecule has 1 amide bonds. The number of aromatic amines is 1. The highest BCUT2D eigenvalue weighted by atomic mass is 16.1. The van der Waals surface area contributed by atoms with E-state index >= 15 is 0 Å². The van der Waals surface area contributed by atoms with E-state index in [0.717, 1.165) is 39.1 Å². The van der Waals surface area contributed by atoms with Crippen molar-refractivity contribution in [1.82, 2.24) is 20.2 Å². The number of hydrogen-bond acceptors (Lipinski definition) is 5. The number of benzene rings is 1. The van der Waals surface area contributed by atoms with E-state index in [1.807, 2.05) is 49.5 Å². The van der Waals surface area contributed by atoms with E-state index in [4.69, 9.17) is 0 Å². The first-order valence-electron chi connectivity index (χ1n) is 10.2. The van der Waals surface area contributed by atoms with Gasteiger partial charge in [0, 0.05) is 28.5 Å². The number of rotatable bonds is 6. The van der Waals surface area contributed by atoms with Crippen molar-refractivity contribution in [2.24, 2.45) is 5.92 Å². The topological polar surface area (TPSA) is 95.6 Å². The number of H-pyrrole nitrogens is 1. The Kier molecular flexibility index (Phi) is 4.71. The molecule has 1 saturated carbocycles. The van der Waals surface area contributed by atoms with Gasteiger partial charge in [-0.3, -0.25) is 19.9 Å². The first-order chi connectivity index (χ1) is 15.1. The molecule has 1 fully saturated rings. The fourth-order valence-corrected chi connectivity index (χ4v) is 3.48. The fourth-order valence-electron chi connectivity index (χ4n) is 3.48. The van der Waals surface area contributed by atoms with E-state index in [2.05, 4.69) is 37.4 Å². The van der Waals surface area contributed by atoms with Crippen molar-refractivity contribution >= 4 is 28.2 Å². The van der Waals surface area contributed by atoms with Gasteiger partial charge in [-0.15, -0.1) is 0 Å². The zero-order valence-electron chi connectivity index (χ0n) is 17.1. The van der Waals surface area contributed by atoms with Gasteiger partial charge in [0.2, 0.25) is 0 Å². The number of allylic oxidation sites excluding steroid dienone is 1. The standard InChI is InChI=1S/C24H22N6O/c1-14-3-7-19(13-26-14)28-24(31)23-21-10-17(6-8-22(21)29-30-23)18-9-20(12-25-11-18)27-15(2)16-4-5-16/h3,6-13,16,27H,2,4-5H2,1H3,(H,28,31)(H,29,30). The summed E-state index contributed by atoms with van der Waals surface area (Å²) >= 11 is 0. The Hall–Kier alpha value is -4.00. The van der Waals surface area contributed by atoms with Crippen molar-refractivity contribution in [3.8, 4) is 11.1 Å². The average Bonchev–Trinajstić information content (AvgIpc) is 3.54. The van der Waals surface area contributed by atoms with Crippen molar-refractivity contribution in [2.75, 3.05) is 10.6 Å². The predicted octanol–water partition coefficient (Wildman–Crippen LogP) is 4.92. The number of pyridine rings is 2. The summed E-state index contributed by atoms with van der Waals surface area (Å²) in [5, 5.41) is 14.1. The minimum Gasteiger partial charge on any atom is -0.358 e. The number of anilines is 2. The maximum absolute atomic E-state index is 12.8. The number of nitrogens with zero attached hydrogens (tertiary/aromatic N) is 3. The van der Waals surface area contributed by atoms with Crippen LogP contribution in [0, 0.1) is 12.8 Å². The van der Waals surface area contributed by atoms with E-state index in [0.29, 0.717) is 17.3 Å². The molecule has 0 spiro atoms. The Morgan fingerprint density at radius 1 is 1.03 bits per heavy atom. The van der Waals surface area contributed by atoms with Crippen LogP contribution in [0.5, 0.6) is 0 Å². The van der Waals surface area contributed by atoms with Gasteiger partial charge >= 0.3 is 0 Å². The van der Waals surface area contributed by atoms with Crippen LogP contribution in [0.25, 0.3) is 22.0 Å². The summed E-state index contributed by atoms with van der Waals surface area (Å²) in [6.45, 7) is 6.02. The van der Waals surface area contributed by atoms with Crippen molar-refractivity contribution in [2.45, 2.75) is 19.8 Å². The number of carbonyl (C=O) groups excluding carboxylic acids is 1. The molecular formula is C24H22N6O. The molecule has 3 heterocycles. The van der Waals surface area contributed by atoms with Crippen LogP contribution in [0.4, 0.5) is 11.4 Å². The van der Waals surface area contributed by atoms with Crippen LogP contribution >= 0.6 is 0 Å². The molecule has 7 nitrogen and oxygen atoms in total. The number of carbonyl (C=O) groups is 1. The lowest BCUT2D eigenvalue weighted by Crippen LogP contribution is -2.13. The molecule has 0 radical (unpaired) electrons. The van der Waals surface area contributed by atoms with Crippen LogP contribution in [0.1, 0.15) is 29.0 Å². The maximum Gasteiger partial charge on any atom is 0.276 e. The Morgan fingerprint density at radius 3 is 2.68 bits per heavy atom. The van der Waals surface area contributed by atoms with Gasteiger partial charge in [0.05, 0.1) is 29.3 Å². The van der Waals surface area contributed by atoms with Crippen LogP contribution in [0.2, 0.25) is 0 Å². The molecule has 0 atom stereocenters. The number of nitrogens with one attached hydrogen (secondary N) is 3. The Labute approximate surface area is 179 Å². The van der Waals surface area contributed by atoms with E-state index in [9.17, 15) is 4.79 Å². The molecule has 3 aromatic heterocycles. The molecule has 3 N–H and O–H groups in total. The Balaban J connectivity index is 1.43. The van der Waals surface area contributed by atoms with E-state index in [-0.39, 0.29) is 5.91 Å². The summed E-state index contributed by atoms with van der Waals surface area (Å²) in [7, 11) is 0. The van der Waals surface area contributed by atoms with E-state index in [1.165, 1.54) is 12.8 Å². The van der Waals surface area contributed by atoms with Crippen molar-refractivity contribution < 1.29 is 4.79 Å². The lowest BCUT2D eigenvalue weighted by Gasteiger charge is -2.10. The van der Waals surface area contributed by atoms with Crippen molar-refractivity contribution in [1.29, 1.82) is 0 Å². The number of aryl methyl sites for hydroxylation is 1. The molecule has 0 unspecified atom stereocenters. The minimum atomic E-state index is -0.289. The third kappa shape index (κ3) is 4.02. The maximum atomic E-state index is 12.8. The van der Waals surface area contributed by atoms with Crippen LogP contribution in [-0.2, 0) is 0 Å². The molecule has 0 bridgehead atoms. The second-order valence-electron chi connectivity index (χ2n) is 7.86. The Morgan fingerprint density at radius 2 is 1.90 bits per heavy atom. The molecule has 1 aliphatic carbocycles. The molecule has 1 aliphatic rings. The molecule has 5 rings (SSSR count). The highest BCUT2D eigenvalue weighted by Gasteiger charge is 2.24. The van der Waals surface area contributed by atoms with Gasteiger partial charge in [-0.05, 0) is 61.6 Å². The first-order valence-corrected chi connectivity index (χ1v) is 10.2. The minimum absolute atomic E-state index is 0.289. The quantitative estimate of drug-likeness (QED) is 0.419. The highest BCUT2D eigenvalue weighted by molar-refractivity contribution is 6.11. The predicted molar refractivity (Wildman–Crippen MR) is 122 cm³/mol. The second kappa shape index (κ2) is 7.68. The van der Waals surface area contributed by atoms with Gasteiger partial charge in [0.15, 0.2) is 5.69 Å². The first kappa shape index (κ1) is 19.0. The summed E-state index contributed by atoms with van der Waals surface area (Å²) in [5.74, 6) is 0.277.